The van der Waals surface area contributed by atoms with Crippen molar-refractivity contribution in [2.24, 2.45) is 0 Å². The highest BCUT2D eigenvalue weighted by atomic mass is 14.0. The summed E-state index contributed by atoms with van der Waals surface area (Å²) >= 11 is 0. The maximum absolute atomic E-state index is 2.58. The highest BCUT2D eigenvalue weighted by Crippen LogP contribution is 2.17. The molecule has 1 rings (SSSR count). The van der Waals surface area contributed by atoms with Crippen LogP contribution in [0.15, 0.2) is 0 Å². The number of rotatable bonds is 0. The summed E-state index contributed by atoms with van der Waals surface area (Å²) in [5.41, 5.74) is 0. The highest BCUT2D eigenvalue weighted by molar-refractivity contribution is 4.64. The maximum atomic E-state index is 2.58. The van der Waals surface area contributed by atoms with E-state index >= 15 is 0 Å². The van der Waals surface area contributed by atoms with Gasteiger partial charge in [0, 0.05) is 0 Å². The van der Waals surface area contributed by atoms with E-state index in [9.17, 15) is 0 Å². The molecule has 0 aliphatic heterocycles. The summed E-state index contributed by atoms with van der Waals surface area (Å²) in [4.78, 5) is 0. The molecule has 29 heavy (non-hydrogen) atoms. The molecule has 0 nitrogen and oxygen atoms in total. The second-order valence-corrected chi connectivity index (χ2v) is 10.1. The third-order valence-electron chi connectivity index (χ3n) is 7.07. The van der Waals surface area contributed by atoms with Crippen LogP contribution in [0.1, 0.15) is 180 Å². The van der Waals surface area contributed by atoms with E-state index in [0.717, 1.165) is 0 Å². The molecule has 0 aromatic rings. The minimum absolute atomic E-state index is 1.38. The van der Waals surface area contributed by atoms with Gasteiger partial charge < -0.3 is 0 Å². The van der Waals surface area contributed by atoms with E-state index < -0.39 is 0 Å². The first-order chi connectivity index (χ1) is 14.5. The molecular weight excluding hydrogens is 348 g/mol. The topological polar surface area (TPSA) is 0 Å². The predicted octanol–water partition coefficient (Wildman–Crippen LogP) is 11.1. The molecule has 1 aliphatic rings. The quantitative estimate of drug-likeness (QED) is 0.376. The lowest BCUT2D eigenvalue weighted by Crippen LogP contribution is -1.85. The lowest BCUT2D eigenvalue weighted by Gasteiger charge is -2.04. The molecule has 0 unspecified atom stereocenters. The van der Waals surface area contributed by atoms with Crippen LogP contribution in [0.2, 0.25) is 0 Å². The first kappa shape index (κ1) is 27.0. The third kappa shape index (κ3) is 22.5. The van der Waals surface area contributed by atoms with Crippen LogP contribution in [0, 0.1) is 6.42 Å². The van der Waals surface area contributed by atoms with Crippen molar-refractivity contribution in [3.63, 3.8) is 0 Å². The van der Waals surface area contributed by atoms with Crippen LogP contribution in [0.25, 0.3) is 0 Å². The van der Waals surface area contributed by atoms with Crippen LogP contribution >= 0.6 is 0 Å². The van der Waals surface area contributed by atoms with Crippen molar-refractivity contribution in [1.82, 2.24) is 0 Å². The van der Waals surface area contributed by atoms with Crippen molar-refractivity contribution in [1.29, 1.82) is 0 Å². The van der Waals surface area contributed by atoms with Gasteiger partial charge in [-0.2, -0.15) is 0 Å². The van der Waals surface area contributed by atoms with Gasteiger partial charge in [0.25, 0.3) is 0 Å². The Kier molecular flexibility index (Phi) is 22.6. The van der Waals surface area contributed by atoms with E-state index in [1.165, 1.54) is 180 Å². The molecule has 1 aliphatic carbocycles. The van der Waals surface area contributed by atoms with Gasteiger partial charge >= 0.3 is 0 Å². The molecule has 173 valence electrons. The fraction of sp³-hybridized carbons (Fsp3) is 0.966. The zero-order chi connectivity index (χ0) is 20.5. The maximum Gasteiger partial charge on any atom is -0.0386 e. The summed E-state index contributed by atoms with van der Waals surface area (Å²) in [7, 11) is 0. The van der Waals surface area contributed by atoms with Crippen LogP contribution in [0.3, 0.4) is 0 Å². The Bertz CT molecular complexity index is 141. The SMILES string of the molecule is [CH]1CCCCCCCCCCCCCCCCCCCCCCCCCCCC1. The Morgan fingerprint density at radius 2 is 0.310 bits per heavy atom. The largest absolute Gasteiger partial charge is 0.0533 e. The second kappa shape index (κ2) is 24.3. The van der Waals surface area contributed by atoms with Crippen molar-refractivity contribution in [2.45, 2.75) is 180 Å². The van der Waals surface area contributed by atoms with Crippen molar-refractivity contribution in [3.8, 4) is 0 Å². The van der Waals surface area contributed by atoms with Gasteiger partial charge in [-0.1, -0.05) is 180 Å². The van der Waals surface area contributed by atoms with Crippen molar-refractivity contribution < 1.29 is 0 Å². The van der Waals surface area contributed by atoms with Crippen molar-refractivity contribution in [3.05, 3.63) is 6.42 Å². The number of hydrogen-bond acceptors (Lipinski definition) is 0. The average Bonchev–Trinajstić information content (AvgIpc) is 2.73. The lowest BCUT2D eigenvalue weighted by molar-refractivity contribution is 0.516. The first-order valence-electron chi connectivity index (χ1n) is 14.3. The van der Waals surface area contributed by atoms with Gasteiger partial charge in [-0.3, -0.25) is 0 Å². The van der Waals surface area contributed by atoms with Crippen molar-refractivity contribution in [2.75, 3.05) is 0 Å². The summed E-state index contributed by atoms with van der Waals surface area (Å²) in [5, 5.41) is 0. The minimum atomic E-state index is 1.38. The molecule has 0 aromatic heterocycles. The van der Waals surface area contributed by atoms with E-state index in [2.05, 4.69) is 6.42 Å². The van der Waals surface area contributed by atoms with E-state index in [-0.39, 0.29) is 0 Å². The zero-order valence-electron chi connectivity index (χ0n) is 20.4. The smallest absolute Gasteiger partial charge is 0.0386 e. The Morgan fingerprint density at radius 1 is 0.172 bits per heavy atom. The molecule has 0 N–H and O–H groups in total. The summed E-state index contributed by atoms with van der Waals surface area (Å²) in [6.07, 6.45) is 44.0. The van der Waals surface area contributed by atoms with Crippen LogP contribution in [-0.2, 0) is 0 Å². The molecule has 0 heteroatoms. The molecular formula is C29H57. The summed E-state index contributed by atoms with van der Waals surface area (Å²) in [6.45, 7) is 0. The molecule has 1 saturated carbocycles. The van der Waals surface area contributed by atoms with Crippen LogP contribution in [-0.4, -0.2) is 0 Å². The minimum Gasteiger partial charge on any atom is -0.0533 e. The van der Waals surface area contributed by atoms with E-state index in [4.69, 9.17) is 0 Å². The molecule has 0 saturated heterocycles. The predicted molar refractivity (Wildman–Crippen MR) is 134 cm³/mol. The summed E-state index contributed by atoms with van der Waals surface area (Å²) in [5.74, 6) is 0. The van der Waals surface area contributed by atoms with Gasteiger partial charge in [0.1, 0.15) is 0 Å². The van der Waals surface area contributed by atoms with Gasteiger partial charge in [0.15, 0.2) is 0 Å². The molecule has 0 atom stereocenters. The second-order valence-electron chi connectivity index (χ2n) is 10.1. The van der Waals surface area contributed by atoms with Gasteiger partial charge in [-0.15, -0.1) is 0 Å². The van der Waals surface area contributed by atoms with Gasteiger partial charge in [0.05, 0.1) is 0 Å². The average molecular weight is 406 g/mol. The molecule has 1 fully saturated rings. The zero-order valence-corrected chi connectivity index (χ0v) is 20.4. The highest BCUT2D eigenvalue weighted by Gasteiger charge is 1.97. The number of hydrogen-bond donors (Lipinski definition) is 0. The summed E-state index contributed by atoms with van der Waals surface area (Å²) in [6, 6.07) is 0. The van der Waals surface area contributed by atoms with Gasteiger partial charge in [-0.05, 0) is 6.42 Å². The normalized spacial score (nSPS) is 24.0. The van der Waals surface area contributed by atoms with E-state index in [0.29, 0.717) is 0 Å². The first-order valence-corrected chi connectivity index (χ1v) is 14.3. The Balaban J connectivity index is 2.00. The Labute approximate surface area is 186 Å². The molecule has 0 heterocycles. The molecule has 0 aromatic carbocycles. The Hall–Kier alpha value is 0. The Morgan fingerprint density at radius 3 is 0.483 bits per heavy atom. The standard InChI is InChI=1S/C29H57/c1-2-4-6-8-10-12-14-16-18-20-22-24-26-28-29-27-25-23-21-19-17-15-13-11-9-7-5-3-1/h1H,2-29H2. The van der Waals surface area contributed by atoms with Crippen LogP contribution in [0.5, 0.6) is 0 Å². The molecule has 0 spiro atoms. The molecule has 1 radical (unpaired) electrons. The fourth-order valence-electron chi connectivity index (χ4n) is 4.96. The molecule has 0 amide bonds. The lowest BCUT2D eigenvalue weighted by atomic mass is 10.0. The van der Waals surface area contributed by atoms with Gasteiger partial charge in [0.2, 0.25) is 0 Å². The van der Waals surface area contributed by atoms with Gasteiger partial charge in [-0.25, -0.2) is 0 Å². The monoisotopic (exact) mass is 405 g/mol. The van der Waals surface area contributed by atoms with E-state index in [1.54, 1.807) is 0 Å². The van der Waals surface area contributed by atoms with Crippen LogP contribution in [0.4, 0.5) is 0 Å². The van der Waals surface area contributed by atoms with E-state index in [1.807, 2.05) is 0 Å². The molecule has 0 bridgehead atoms. The van der Waals surface area contributed by atoms with Crippen LogP contribution < -0.4 is 0 Å². The summed E-state index contributed by atoms with van der Waals surface area (Å²) < 4.78 is 0. The third-order valence-corrected chi connectivity index (χ3v) is 7.07. The fourth-order valence-corrected chi connectivity index (χ4v) is 4.96. The van der Waals surface area contributed by atoms with Crippen molar-refractivity contribution >= 4 is 0 Å².